The molecule has 0 aliphatic carbocycles. The van der Waals surface area contributed by atoms with Gasteiger partial charge in [-0.2, -0.15) is 0 Å². The third kappa shape index (κ3) is 9.40. The molecule has 0 bridgehead atoms. The molecule has 1 atom stereocenters. The zero-order valence-corrected chi connectivity index (χ0v) is 17.7. The molecule has 0 spiro atoms. The summed E-state index contributed by atoms with van der Waals surface area (Å²) in [6.07, 6.45) is 17.4. The van der Waals surface area contributed by atoms with Gasteiger partial charge in [-0.25, -0.2) is 0 Å². The molecule has 0 amide bonds. The van der Waals surface area contributed by atoms with Gasteiger partial charge in [0.15, 0.2) is 5.79 Å². The number of ether oxygens (including phenoxy) is 2. The first-order valence-electron chi connectivity index (χ1n) is 11.0. The molecule has 0 saturated carbocycles. The summed E-state index contributed by atoms with van der Waals surface area (Å²) in [6.45, 7) is 8.25. The molecule has 3 nitrogen and oxygen atoms in total. The molecule has 150 valence electrons. The van der Waals surface area contributed by atoms with E-state index in [0.717, 1.165) is 0 Å². The van der Waals surface area contributed by atoms with Crippen LogP contribution in [0.15, 0.2) is 0 Å². The van der Waals surface area contributed by atoms with Crippen LogP contribution in [0, 0.1) is 5.92 Å². The van der Waals surface area contributed by atoms with Crippen molar-refractivity contribution in [1.82, 2.24) is 4.90 Å². The van der Waals surface area contributed by atoms with E-state index in [9.17, 15) is 0 Å². The van der Waals surface area contributed by atoms with Crippen molar-refractivity contribution in [2.75, 3.05) is 33.9 Å². The second-order valence-corrected chi connectivity index (χ2v) is 8.08. The summed E-state index contributed by atoms with van der Waals surface area (Å²) in [5, 5.41) is 0. The fraction of sp³-hybridized carbons (Fsp3) is 1.00. The molecule has 0 aromatic heterocycles. The number of nitrogens with zero attached hydrogens (tertiary/aromatic N) is 1. The average Bonchev–Trinajstić information content (AvgIpc) is 2.91. The van der Waals surface area contributed by atoms with Crippen LogP contribution in [0.5, 0.6) is 0 Å². The lowest BCUT2D eigenvalue weighted by Gasteiger charge is -2.36. The van der Waals surface area contributed by atoms with E-state index in [1.54, 1.807) is 14.2 Å². The lowest BCUT2D eigenvalue weighted by atomic mass is 9.88. The highest BCUT2D eigenvalue weighted by Crippen LogP contribution is 2.31. The van der Waals surface area contributed by atoms with Crippen LogP contribution in [-0.2, 0) is 9.47 Å². The third-order valence-corrected chi connectivity index (χ3v) is 6.18. The van der Waals surface area contributed by atoms with Gasteiger partial charge in [0.2, 0.25) is 0 Å². The lowest BCUT2D eigenvalue weighted by Crippen LogP contribution is -2.39. The van der Waals surface area contributed by atoms with E-state index in [1.807, 2.05) is 0 Å². The van der Waals surface area contributed by atoms with Gasteiger partial charge in [0, 0.05) is 20.1 Å². The van der Waals surface area contributed by atoms with Crippen molar-refractivity contribution >= 4 is 0 Å². The van der Waals surface area contributed by atoms with Gasteiger partial charge in [-0.3, -0.25) is 0 Å². The van der Waals surface area contributed by atoms with Gasteiger partial charge >= 0.3 is 0 Å². The van der Waals surface area contributed by atoms with E-state index >= 15 is 0 Å². The SMILES string of the molecule is CCCCCCCCC(CCCN1CCCCCC1)C(C)(OC)OC. The van der Waals surface area contributed by atoms with Crippen molar-refractivity contribution in [2.24, 2.45) is 5.92 Å². The lowest BCUT2D eigenvalue weighted by molar-refractivity contribution is -0.230. The second kappa shape index (κ2) is 14.0. The molecule has 1 fully saturated rings. The molecule has 0 N–H and O–H groups in total. The van der Waals surface area contributed by atoms with Crippen LogP contribution >= 0.6 is 0 Å². The van der Waals surface area contributed by atoms with Gasteiger partial charge in [0.25, 0.3) is 0 Å². The van der Waals surface area contributed by atoms with Gasteiger partial charge in [-0.05, 0) is 58.7 Å². The molecule has 25 heavy (non-hydrogen) atoms. The average molecular weight is 356 g/mol. The largest absolute Gasteiger partial charge is 0.353 e. The molecule has 1 aliphatic rings. The minimum absolute atomic E-state index is 0.428. The Balaban J connectivity index is 2.36. The summed E-state index contributed by atoms with van der Waals surface area (Å²) in [4.78, 5) is 2.67. The normalized spacial score (nSPS) is 18.2. The van der Waals surface area contributed by atoms with Gasteiger partial charge < -0.3 is 14.4 Å². The summed E-state index contributed by atoms with van der Waals surface area (Å²) >= 11 is 0. The Kier molecular flexibility index (Phi) is 12.8. The van der Waals surface area contributed by atoms with E-state index < -0.39 is 5.79 Å². The fourth-order valence-corrected chi connectivity index (χ4v) is 4.18. The van der Waals surface area contributed by atoms with E-state index in [1.165, 1.54) is 103 Å². The Bertz CT molecular complexity index is 296. The number of hydrogen-bond acceptors (Lipinski definition) is 3. The van der Waals surface area contributed by atoms with Crippen LogP contribution in [0.4, 0.5) is 0 Å². The van der Waals surface area contributed by atoms with Crippen molar-refractivity contribution in [1.29, 1.82) is 0 Å². The maximum absolute atomic E-state index is 5.77. The monoisotopic (exact) mass is 355 g/mol. The van der Waals surface area contributed by atoms with Crippen LogP contribution in [0.2, 0.25) is 0 Å². The summed E-state index contributed by atoms with van der Waals surface area (Å²) in [7, 11) is 3.60. The predicted molar refractivity (Wildman–Crippen MR) is 108 cm³/mol. The Hall–Kier alpha value is -0.120. The molecule has 3 heteroatoms. The summed E-state index contributed by atoms with van der Waals surface area (Å²) < 4.78 is 11.5. The maximum Gasteiger partial charge on any atom is 0.167 e. The zero-order chi connectivity index (χ0) is 18.4. The van der Waals surface area contributed by atoms with Crippen molar-refractivity contribution < 1.29 is 9.47 Å². The summed E-state index contributed by atoms with van der Waals surface area (Å²) in [5.41, 5.74) is 0. The Morgan fingerprint density at radius 3 is 1.96 bits per heavy atom. The molecule has 1 heterocycles. The fourth-order valence-electron chi connectivity index (χ4n) is 4.18. The first-order chi connectivity index (χ1) is 12.2. The van der Waals surface area contributed by atoms with Crippen LogP contribution in [0.3, 0.4) is 0 Å². The molecule has 0 aromatic rings. The third-order valence-electron chi connectivity index (χ3n) is 6.18. The van der Waals surface area contributed by atoms with Gasteiger partial charge in [0.1, 0.15) is 0 Å². The zero-order valence-electron chi connectivity index (χ0n) is 17.7. The maximum atomic E-state index is 5.77. The first-order valence-corrected chi connectivity index (χ1v) is 11.0. The number of likely N-dealkylation sites (tertiary alicyclic amines) is 1. The molecule has 1 saturated heterocycles. The number of methoxy groups -OCH3 is 2. The minimum atomic E-state index is -0.428. The molecule has 1 rings (SSSR count). The molecule has 0 radical (unpaired) electrons. The highest BCUT2D eigenvalue weighted by molar-refractivity contribution is 4.76. The van der Waals surface area contributed by atoms with Crippen molar-refractivity contribution in [2.45, 2.75) is 103 Å². The highest BCUT2D eigenvalue weighted by Gasteiger charge is 2.33. The standard InChI is InChI=1S/C22H45NO2/c1-5-6-7-8-9-12-16-21(22(2,24-3)25-4)17-15-20-23-18-13-10-11-14-19-23/h21H,5-20H2,1-4H3. The van der Waals surface area contributed by atoms with E-state index in [2.05, 4.69) is 18.7 Å². The first kappa shape index (κ1) is 22.9. The summed E-state index contributed by atoms with van der Waals surface area (Å²) in [5.74, 6) is 0.0722. The predicted octanol–water partition coefficient (Wildman–Crippen LogP) is 6.02. The Labute approximate surface area is 157 Å². The van der Waals surface area contributed by atoms with E-state index in [4.69, 9.17) is 9.47 Å². The smallest absolute Gasteiger partial charge is 0.167 e. The van der Waals surface area contributed by atoms with Gasteiger partial charge in [-0.15, -0.1) is 0 Å². The van der Waals surface area contributed by atoms with E-state index in [0.29, 0.717) is 5.92 Å². The molecule has 1 aliphatic heterocycles. The topological polar surface area (TPSA) is 21.7 Å². The molecular weight excluding hydrogens is 310 g/mol. The van der Waals surface area contributed by atoms with Crippen molar-refractivity contribution in [3.05, 3.63) is 0 Å². The Morgan fingerprint density at radius 1 is 0.800 bits per heavy atom. The number of unbranched alkanes of at least 4 members (excludes halogenated alkanes) is 5. The van der Waals surface area contributed by atoms with Gasteiger partial charge in [-0.1, -0.05) is 58.3 Å². The van der Waals surface area contributed by atoms with Gasteiger partial charge in [0.05, 0.1) is 0 Å². The van der Waals surface area contributed by atoms with Crippen molar-refractivity contribution in [3.63, 3.8) is 0 Å². The van der Waals surface area contributed by atoms with Crippen LogP contribution < -0.4 is 0 Å². The molecular formula is C22H45NO2. The van der Waals surface area contributed by atoms with E-state index in [-0.39, 0.29) is 0 Å². The quantitative estimate of drug-likeness (QED) is 0.281. The molecule has 1 unspecified atom stereocenters. The second-order valence-electron chi connectivity index (χ2n) is 8.08. The van der Waals surface area contributed by atoms with Crippen LogP contribution in [-0.4, -0.2) is 44.5 Å². The summed E-state index contributed by atoms with van der Waals surface area (Å²) in [6, 6.07) is 0. The van der Waals surface area contributed by atoms with Crippen LogP contribution in [0.25, 0.3) is 0 Å². The van der Waals surface area contributed by atoms with Crippen LogP contribution in [0.1, 0.15) is 97.3 Å². The Morgan fingerprint density at radius 2 is 1.36 bits per heavy atom. The highest BCUT2D eigenvalue weighted by atomic mass is 16.7. The molecule has 0 aromatic carbocycles. The number of hydrogen-bond donors (Lipinski definition) is 0. The number of rotatable bonds is 14. The minimum Gasteiger partial charge on any atom is -0.353 e. The van der Waals surface area contributed by atoms with Crippen molar-refractivity contribution in [3.8, 4) is 0 Å².